The van der Waals surface area contributed by atoms with Gasteiger partial charge in [0.15, 0.2) is 0 Å². The quantitative estimate of drug-likeness (QED) is 0.547. The first-order valence-electron chi connectivity index (χ1n) is 10.2. The highest BCUT2D eigenvalue weighted by Crippen LogP contribution is 2.30. The second-order valence-corrected chi connectivity index (χ2v) is 7.45. The van der Waals surface area contributed by atoms with E-state index in [-0.39, 0.29) is 18.7 Å². The number of anilines is 1. The molecule has 3 aromatic rings. The molecule has 1 aromatic heterocycles. The lowest BCUT2D eigenvalue weighted by atomic mass is 9.97. The van der Waals surface area contributed by atoms with Crippen LogP contribution in [0.5, 0.6) is 5.75 Å². The van der Waals surface area contributed by atoms with E-state index in [1.807, 2.05) is 42.5 Å². The predicted molar refractivity (Wildman–Crippen MR) is 114 cm³/mol. The number of unbranched alkanes of at least 4 members (excludes halogenated alkanes) is 1. The number of nitrogens with zero attached hydrogens (tertiary/aromatic N) is 1. The van der Waals surface area contributed by atoms with Gasteiger partial charge in [0.1, 0.15) is 5.75 Å². The number of aliphatic hydroxyl groups excluding tert-OH is 1. The summed E-state index contributed by atoms with van der Waals surface area (Å²) in [5.74, 6) is 0.797. The molecule has 4 rings (SSSR count). The van der Waals surface area contributed by atoms with Gasteiger partial charge in [-0.1, -0.05) is 31.5 Å². The van der Waals surface area contributed by atoms with Gasteiger partial charge < -0.3 is 25.0 Å². The van der Waals surface area contributed by atoms with Crippen LogP contribution in [0.4, 0.5) is 10.5 Å². The molecule has 0 spiro atoms. The molecule has 3 N–H and O–H groups in total. The van der Waals surface area contributed by atoms with E-state index in [0.29, 0.717) is 25.3 Å². The molecule has 0 fully saturated rings. The van der Waals surface area contributed by atoms with E-state index >= 15 is 0 Å². The van der Waals surface area contributed by atoms with E-state index in [1.54, 1.807) is 4.90 Å². The maximum absolute atomic E-state index is 12.9. The van der Waals surface area contributed by atoms with Gasteiger partial charge in [-0.05, 0) is 48.7 Å². The van der Waals surface area contributed by atoms with Crippen molar-refractivity contribution in [2.75, 3.05) is 18.5 Å². The number of hydrogen-bond acceptors (Lipinski definition) is 3. The van der Waals surface area contributed by atoms with Crippen molar-refractivity contribution in [1.82, 2.24) is 9.88 Å². The van der Waals surface area contributed by atoms with Crippen LogP contribution in [0.15, 0.2) is 48.5 Å². The fraction of sp³-hybridized carbons (Fsp3) is 0.348. The van der Waals surface area contributed by atoms with Gasteiger partial charge in [-0.3, -0.25) is 0 Å². The number of para-hydroxylation sites is 1. The van der Waals surface area contributed by atoms with Gasteiger partial charge in [0, 0.05) is 22.3 Å². The van der Waals surface area contributed by atoms with Gasteiger partial charge >= 0.3 is 6.03 Å². The third kappa shape index (κ3) is 4.07. The van der Waals surface area contributed by atoms with Crippen molar-refractivity contribution in [2.45, 2.75) is 38.8 Å². The van der Waals surface area contributed by atoms with Crippen LogP contribution in [0, 0.1) is 0 Å². The molecule has 152 valence electrons. The van der Waals surface area contributed by atoms with Gasteiger partial charge in [0.25, 0.3) is 0 Å². The fourth-order valence-electron chi connectivity index (χ4n) is 3.83. The molecule has 1 aliphatic rings. The Labute approximate surface area is 170 Å². The zero-order chi connectivity index (χ0) is 20.2. The summed E-state index contributed by atoms with van der Waals surface area (Å²) in [6.07, 6.45) is 2.74. The number of benzene rings is 2. The van der Waals surface area contributed by atoms with Crippen molar-refractivity contribution >= 4 is 22.6 Å². The van der Waals surface area contributed by atoms with Gasteiger partial charge in [-0.2, -0.15) is 0 Å². The summed E-state index contributed by atoms with van der Waals surface area (Å²) >= 11 is 0. The zero-order valence-corrected chi connectivity index (χ0v) is 16.6. The smallest absolute Gasteiger partial charge is 0.322 e. The van der Waals surface area contributed by atoms with Crippen LogP contribution in [0.2, 0.25) is 0 Å². The largest absolute Gasteiger partial charge is 0.494 e. The number of aliphatic hydroxyl groups is 1. The number of hydrogen-bond donors (Lipinski definition) is 3. The molecule has 6 heteroatoms. The number of carbonyl (C=O) groups is 1. The van der Waals surface area contributed by atoms with E-state index in [9.17, 15) is 9.90 Å². The number of fused-ring (bicyclic) bond motifs is 3. The highest BCUT2D eigenvalue weighted by molar-refractivity contribution is 5.91. The number of nitrogens with one attached hydrogen (secondary N) is 2. The van der Waals surface area contributed by atoms with Gasteiger partial charge in [0.2, 0.25) is 0 Å². The molecular weight excluding hydrogens is 366 g/mol. The fourth-order valence-corrected chi connectivity index (χ4v) is 3.83. The molecule has 0 saturated carbocycles. The number of carbonyl (C=O) groups excluding carboxylic acids is 1. The first kappa shape index (κ1) is 19.3. The van der Waals surface area contributed by atoms with E-state index in [4.69, 9.17) is 4.74 Å². The van der Waals surface area contributed by atoms with Crippen molar-refractivity contribution < 1.29 is 14.6 Å². The molecule has 1 aliphatic heterocycles. The summed E-state index contributed by atoms with van der Waals surface area (Å²) in [6.45, 7) is 3.19. The minimum Gasteiger partial charge on any atom is -0.494 e. The van der Waals surface area contributed by atoms with Gasteiger partial charge in [-0.15, -0.1) is 0 Å². The summed E-state index contributed by atoms with van der Waals surface area (Å²) in [5.41, 5.74) is 4.00. The molecule has 2 aromatic carbocycles. The average molecular weight is 393 g/mol. The van der Waals surface area contributed by atoms with Crippen molar-refractivity contribution in [3.8, 4) is 5.75 Å². The topological polar surface area (TPSA) is 77.6 Å². The Morgan fingerprint density at radius 2 is 2.03 bits per heavy atom. The second-order valence-electron chi connectivity index (χ2n) is 7.45. The minimum absolute atomic E-state index is 0.0728. The first-order chi connectivity index (χ1) is 14.2. The molecular formula is C23H27N3O3. The Kier molecular flexibility index (Phi) is 5.71. The number of rotatable bonds is 6. The molecule has 6 nitrogen and oxygen atoms in total. The molecule has 2 heterocycles. The third-order valence-corrected chi connectivity index (χ3v) is 5.45. The Morgan fingerprint density at radius 1 is 1.24 bits per heavy atom. The summed E-state index contributed by atoms with van der Waals surface area (Å²) in [4.78, 5) is 18.0. The highest BCUT2D eigenvalue weighted by atomic mass is 16.5. The van der Waals surface area contributed by atoms with Gasteiger partial charge in [-0.25, -0.2) is 4.79 Å². The summed E-state index contributed by atoms with van der Waals surface area (Å²) in [6, 6.07) is 15.1. The predicted octanol–water partition coefficient (Wildman–Crippen LogP) is 4.30. The van der Waals surface area contributed by atoms with Crippen LogP contribution in [0.25, 0.3) is 10.9 Å². The SMILES string of the molecule is CCCCOc1ccc(NC(=O)N2Cc3[nH]c4ccccc4c3CC2CO)cc1. The average Bonchev–Trinajstić information content (AvgIpc) is 3.11. The number of aromatic nitrogens is 1. The van der Waals surface area contributed by atoms with Crippen LogP contribution >= 0.6 is 0 Å². The van der Waals surface area contributed by atoms with Crippen molar-refractivity contribution in [3.05, 3.63) is 59.8 Å². The van der Waals surface area contributed by atoms with E-state index in [1.165, 1.54) is 10.9 Å². The molecule has 2 amide bonds. The number of urea groups is 1. The normalized spacial score (nSPS) is 15.9. The molecule has 0 aliphatic carbocycles. The van der Waals surface area contributed by atoms with E-state index in [2.05, 4.69) is 23.3 Å². The van der Waals surface area contributed by atoms with Crippen molar-refractivity contribution in [1.29, 1.82) is 0 Å². The Bertz CT molecular complexity index is 981. The van der Waals surface area contributed by atoms with Gasteiger partial charge in [0.05, 0.1) is 25.8 Å². The Balaban J connectivity index is 1.46. The van der Waals surface area contributed by atoms with Crippen LogP contribution in [0.1, 0.15) is 31.0 Å². The summed E-state index contributed by atoms with van der Waals surface area (Å²) in [7, 11) is 0. The maximum atomic E-state index is 12.9. The maximum Gasteiger partial charge on any atom is 0.322 e. The standard InChI is InChI=1S/C23H27N3O3/c1-2-3-12-29-18-10-8-16(9-11-18)24-23(28)26-14-22-20(13-17(26)15-27)19-6-4-5-7-21(19)25-22/h4-11,17,25,27H,2-3,12-15H2,1H3,(H,24,28). The molecule has 0 radical (unpaired) electrons. The van der Waals surface area contributed by atoms with Crippen LogP contribution in [-0.2, 0) is 13.0 Å². The van der Waals surface area contributed by atoms with Crippen LogP contribution < -0.4 is 10.1 Å². The van der Waals surface area contributed by atoms with E-state index < -0.39 is 0 Å². The Morgan fingerprint density at radius 3 is 2.79 bits per heavy atom. The third-order valence-electron chi connectivity index (χ3n) is 5.45. The second kappa shape index (κ2) is 8.57. The molecule has 1 unspecified atom stereocenters. The highest BCUT2D eigenvalue weighted by Gasteiger charge is 2.31. The summed E-state index contributed by atoms with van der Waals surface area (Å²) < 4.78 is 5.66. The lowest BCUT2D eigenvalue weighted by Crippen LogP contribution is -2.48. The van der Waals surface area contributed by atoms with Crippen LogP contribution in [0.3, 0.4) is 0 Å². The first-order valence-corrected chi connectivity index (χ1v) is 10.2. The molecule has 1 atom stereocenters. The Hall–Kier alpha value is -2.99. The number of ether oxygens (including phenoxy) is 1. The molecule has 0 bridgehead atoms. The monoisotopic (exact) mass is 393 g/mol. The molecule has 0 saturated heterocycles. The number of amides is 2. The lowest BCUT2D eigenvalue weighted by molar-refractivity contribution is 0.129. The van der Waals surface area contributed by atoms with Crippen molar-refractivity contribution in [2.24, 2.45) is 0 Å². The molecule has 29 heavy (non-hydrogen) atoms. The minimum atomic E-state index is -0.252. The summed E-state index contributed by atoms with van der Waals surface area (Å²) in [5, 5.41) is 14.0. The lowest BCUT2D eigenvalue weighted by Gasteiger charge is -2.34. The van der Waals surface area contributed by atoms with Crippen molar-refractivity contribution in [3.63, 3.8) is 0 Å². The zero-order valence-electron chi connectivity index (χ0n) is 16.6. The number of H-pyrrole nitrogens is 1. The van der Waals surface area contributed by atoms with Crippen LogP contribution in [-0.4, -0.2) is 40.3 Å². The number of aromatic amines is 1. The van der Waals surface area contributed by atoms with E-state index in [0.717, 1.165) is 29.8 Å².